The monoisotopic (exact) mass is 644 g/mol. The van der Waals surface area contributed by atoms with Crippen molar-refractivity contribution in [2.24, 2.45) is 0 Å². The number of anilines is 3. The molecule has 0 saturated carbocycles. The summed E-state index contributed by atoms with van der Waals surface area (Å²) in [6.45, 7) is 0. The molecular weight excluding hydrogens is 626 g/mol. The van der Waals surface area contributed by atoms with Gasteiger partial charge in [0.2, 0.25) is 5.91 Å². The fourth-order valence-electron chi connectivity index (χ4n) is 4.66. The number of aryl methyl sites for hydroxylation is 2. The second kappa shape index (κ2) is 12.3. The Labute approximate surface area is 260 Å². The predicted molar refractivity (Wildman–Crippen MR) is 166 cm³/mol. The van der Waals surface area contributed by atoms with Gasteiger partial charge < -0.3 is 10.4 Å². The summed E-state index contributed by atoms with van der Waals surface area (Å²) in [6, 6.07) is 22.6. The van der Waals surface area contributed by atoms with Crippen LogP contribution in [0.2, 0.25) is 20.1 Å². The third-order valence-electron chi connectivity index (χ3n) is 6.54. The van der Waals surface area contributed by atoms with Crippen LogP contribution in [0.25, 0.3) is 0 Å². The molecule has 1 heterocycles. The van der Waals surface area contributed by atoms with Crippen LogP contribution in [0, 0.1) is 0 Å². The molecule has 2 amide bonds. The summed E-state index contributed by atoms with van der Waals surface area (Å²) in [7, 11) is 0. The average molecular weight is 646 g/mol. The van der Waals surface area contributed by atoms with Gasteiger partial charge in [0.15, 0.2) is 0 Å². The first-order valence-electron chi connectivity index (χ1n) is 12.3. The van der Waals surface area contributed by atoms with Crippen LogP contribution in [0.4, 0.5) is 17.1 Å². The zero-order valence-electron chi connectivity index (χ0n) is 21.1. The van der Waals surface area contributed by atoms with Gasteiger partial charge in [0.1, 0.15) is 0 Å². The SMILES string of the molecule is O=C(O)c1c(Cl)c(Cl)c(Cl)c(Cl)c1C(=O)Nc1cccc(SCC(=O)N2c3ccccc3CCc3ccccc32)c1. The van der Waals surface area contributed by atoms with E-state index in [0.717, 1.165) is 35.3 Å². The molecule has 0 unspecified atom stereocenters. The fraction of sp³-hybridized carbons (Fsp3) is 0.100. The number of halogens is 4. The van der Waals surface area contributed by atoms with E-state index in [1.165, 1.54) is 11.8 Å². The smallest absolute Gasteiger partial charge is 0.338 e. The molecule has 0 fully saturated rings. The van der Waals surface area contributed by atoms with Gasteiger partial charge in [-0.2, -0.15) is 0 Å². The minimum absolute atomic E-state index is 0.0884. The maximum Gasteiger partial charge on any atom is 0.338 e. The van der Waals surface area contributed by atoms with Gasteiger partial charge in [-0.05, 0) is 54.3 Å². The highest BCUT2D eigenvalue weighted by Crippen LogP contribution is 2.42. The first-order valence-corrected chi connectivity index (χ1v) is 14.8. The van der Waals surface area contributed by atoms with E-state index in [2.05, 4.69) is 5.32 Å². The highest BCUT2D eigenvalue weighted by Gasteiger charge is 2.29. The number of aromatic carboxylic acids is 1. The van der Waals surface area contributed by atoms with Crippen LogP contribution in [-0.4, -0.2) is 28.6 Å². The lowest BCUT2D eigenvalue weighted by Crippen LogP contribution is -2.28. The Kier molecular flexibility index (Phi) is 8.82. The van der Waals surface area contributed by atoms with E-state index in [0.29, 0.717) is 10.6 Å². The Morgan fingerprint density at radius 3 is 1.90 bits per heavy atom. The molecule has 0 aliphatic carbocycles. The van der Waals surface area contributed by atoms with Crippen molar-refractivity contribution in [3.8, 4) is 0 Å². The van der Waals surface area contributed by atoms with Crippen LogP contribution in [-0.2, 0) is 17.6 Å². The number of carbonyl (C=O) groups is 3. The lowest BCUT2D eigenvalue weighted by atomic mass is 10.0. The molecule has 0 aromatic heterocycles. The molecule has 41 heavy (non-hydrogen) atoms. The van der Waals surface area contributed by atoms with Crippen molar-refractivity contribution in [3.05, 3.63) is 115 Å². The third kappa shape index (κ3) is 5.92. The van der Waals surface area contributed by atoms with Crippen LogP contribution in [0.1, 0.15) is 31.8 Å². The number of fused-ring (bicyclic) bond motifs is 2. The zero-order chi connectivity index (χ0) is 29.3. The lowest BCUT2D eigenvalue weighted by molar-refractivity contribution is -0.115. The van der Waals surface area contributed by atoms with Gasteiger partial charge in [-0.25, -0.2) is 4.79 Å². The Morgan fingerprint density at radius 1 is 0.756 bits per heavy atom. The van der Waals surface area contributed by atoms with Crippen LogP contribution in [0.3, 0.4) is 0 Å². The summed E-state index contributed by atoms with van der Waals surface area (Å²) in [5.74, 6) is -2.27. The Hall–Kier alpha value is -3.20. The van der Waals surface area contributed by atoms with E-state index in [1.807, 2.05) is 54.6 Å². The number of nitrogens with zero attached hydrogens (tertiary/aromatic N) is 1. The van der Waals surface area contributed by atoms with Crippen molar-refractivity contribution in [3.63, 3.8) is 0 Å². The molecule has 208 valence electrons. The molecular formula is C30H20Cl4N2O4S. The van der Waals surface area contributed by atoms with E-state index >= 15 is 0 Å². The molecule has 5 rings (SSSR count). The fourth-order valence-corrected chi connectivity index (χ4v) is 6.48. The summed E-state index contributed by atoms with van der Waals surface area (Å²) >= 11 is 25.7. The van der Waals surface area contributed by atoms with Crippen molar-refractivity contribution >= 4 is 93.0 Å². The maximum absolute atomic E-state index is 13.7. The summed E-state index contributed by atoms with van der Waals surface area (Å²) in [6.07, 6.45) is 1.67. The van der Waals surface area contributed by atoms with E-state index in [-0.39, 0.29) is 26.7 Å². The molecule has 4 aromatic carbocycles. The number of para-hydroxylation sites is 2. The second-order valence-electron chi connectivity index (χ2n) is 9.07. The number of rotatable bonds is 6. The van der Waals surface area contributed by atoms with E-state index in [1.54, 1.807) is 23.1 Å². The third-order valence-corrected chi connectivity index (χ3v) is 9.32. The number of nitrogens with one attached hydrogen (secondary N) is 1. The van der Waals surface area contributed by atoms with Gasteiger partial charge in [-0.1, -0.05) is 88.9 Å². The summed E-state index contributed by atoms with van der Waals surface area (Å²) in [4.78, 5) is 41.1. The van der Waals surface area contributed by atoms with Gasteiger partial charge >= 0.3 is 5.97 Å². The highest BCUT2D eigenvalue weighted by atomic mass is 35.5. The molecule has 11 heteroatoms. The topological polar surface area (TPSA) is 86.7 Å². The predicted octanol–water partition coefficient (Wildman–Crippen LogP) is 8.81. The molecule has 6 nitrogen and oxygen atoms in total. The number of carboxylic acid groups (broad SMARTS) is 1. The van der Waals surface area contributed by atoms with Gasteiger partial charge in [-0.15, -0.1) is 11.8 Å². The zero-order valence-corrected chi connectivity index (χ0v) is 24.9. The quantitative estimate of drug-likeness (QED) is 0.124. The van der Waals surface area contributed by atoms with Crippen LogP contribution in [0.5, 0.6) is 0 Å². The first kappa shape index (κ1) is 29.3. The van der Waals surface area contributed by atoms with E-state index in [9.17, 15) is 19.5 Å². The minimum Gasteiger partial charge on any atom is -0.478 e. The van der Waals surface area contributed by atoms with Crippen molar-refractivity contribution in [1.29, 1.82) is 0 Å². The van der Waals surface area contributed by atoms with Gasteiger partial charge in [0, 0.05) is 10.6 Å². The van der Waals surface area contributed by atoms with Gasteiger partial charge in [0.05, 0.1) is 48.3 Å². The first-order chi connectivity index (χ1) is 19.7. The maximum atomic E-state index is 13.7. The normalized spacial score (nSPS) is 12.2. The van der Waals surface area contributed by atoms with Crippen LogP contribution < -0.4 is 10.2 Å². The lowest BCUT2D eigenvalue weighted by Gasteiger charge is -2.25. The standard InChI is InChI=1S/C30H20Cl4N2O4S/c31-25-23(24(30(39)40)26(32)28(34)27(25)33)29(38)35-18-8-5-9-19(14-18)41-15-22(37)36-20-10-3-1-6-16(20)12-13-17-7-2-4-11-21(17)36/h1-11,14H,12-13,15H2,(H,35,38)(H,39,40). The number of hydrogen-bond donors (Lipinski definition) is 2. The minimum atomic E-state index is -1.49. The largest absolute Gasteiger partial charge is 0.478 e. The van der Waals surface area contributed by atoms with Gasteiger partial charge in [-0.3, -0.25) is 14.5 Å². The van der Waals surface area contributed by atoms with Crippen LogP contribution >= 0.6 is 58.2 Å². The number of benzene rings is 4. The molecule has 0 spiro atoms. The highest BCUT2D eigenvalue weighted by molar-refractivity contribution is 8.00. The summed E-state index contributed by atoms with van der Waals surface area (Å²) < 4.78 is 0. The summed E-state index contributed by atoms with van der Waals surface area (Å²) in [5, 5.41) is 11.1. The number of hydrogen-bond acceptors (Lipinski definition) is 4. The number of carbonyl (C=O) groups excluding carboxylic acids is 2. The average Bonchev–Trinajstić information content (AvgIpc) is 3.13. The van der Waals surface area contributed by atoms with Crippen molar-refractivity contribution in [2.75, 3.05) is 16.0 Å². The molecule has 0 radical (unpaired) electrons. The van der Waals surface area contributed by atoms with Crippen molar-refractivity contribution in [1.82, 2.24) is 0 Å². The van der Waals surface area contributed by atoms with Crippen molar-refractivity contribution < 1.29 is 19.5 Å². The second-order valence-corrected chi connectivity index (χ2v) is 11.6. The van der Waals surface area contributed by atoms with Crippen molar-refractivity contribution in [2.45, 2.75) is 17.7 Å². The molecule has 1 aliphatic rings. The molecule has 2 N–H and O–H groups in total. The Balaban J connectivity index is 1.37. The number of amides is 2. The van der Waals surface area contributed by atoms with Crippen LogP contribution in [0.15, 0.2) is 77.7 Å². The Morgan fingerprint density at radius 2 is 1.32 bits per heavy atom. The summed E-state index contributed by atoms with van der Waals surface area (Å²) in [5.41, 5.74) is 3.34. The molecule has 0 atom stereocenters. The molecule has 4 aromatic rings. The van der Waals surface area contributed by atoms with E-state index in [4.69, 9.17) is 46.4 Å². The molecule has 0 saturated heterocycles. The molecule has 1 aliphatic heterocycles. The Bertz CT molecular complexity index is 1660. The number of thioether (sulfide) groups is 1. The van der Waals surface area contributed by atoms with E-state index < -0.39 is 28.0 Å². The molecule has 0 bridgehead atoms. The van der Waals surface area contributed by atoms with Gasteiger partial charge in [0.25, 0.3) is 5.91 Å². The number of carboxylic acids is 1.